The van der Waals surface area contributed by atoms with Crippen molar-refractivity contribution in [2.75, 3.05) is 18.1 Å². The van der Waals surface area contributed by atoms with E-state index in [1.807, 2.05) is 13.2 Å². The first kappa shape index (κ1) is 11.3. The van der Waals surface area contributed by atoms with Gasteiger partial charge in [-0.05, 0) is 18.1 Å². The van der Waals surface area contributed by atoms with Crippen molar-refractivity contribution >= 4 is 17.6 Å². The van der Waals surface area contributed by atoms with Crippen LogP contribution >= 0.6 is 11.8 Å². The Morgan fingerprint density at radius 2 is 2.21 bits per heavy atom. The highest BCUT2D eigenvalue weighted by Gasteiger charge is 1.99. The molecule has 0 aromatic carbocycles. The predicted molar refractivity (Wildman–Crippen MR) is 61.8 cm³/mol. The van der Waals surface area contributed by atoms with E-state index in [4.69, 9.17) is 0 Å². The van der Waals surface area contributed by atoms with E-state index in [1.54, 1.807) is 18.0 Å². The lowest BCUT2D eigenvalue weighted by molar-refractivity contribution is 0.632. The molecule has 1 aromatic rings. The van der Waals surface area contributed by atoms with Crippen LogP contribution in [0.15, 0.2) is 17.4 Å². The Kier molecular flexibility index (Phi) is 4.73. The molecule has 0 amide bonds. The van der Waals surface area contributed by atoms with E-state index >= 15 is 0 Å². The molecule has 0 saturated heterocycles. The summed E-state index contributed by atoms with van der Waals surface area (Å²) in [5.74, 6) is 2.70. The molecule has 0 spiro atoms. The number of thioether (sulfide) groups is 1. The lowest BCUT2D eigenvalue weighted by Crippen LogP contribution is -1.95. The van der Waals surface area contributed by atoms with Gasteiger partial charge in [0.1, 0.15) is 10.8 Å². The summed E-state index contributed by atoms with van der Waals surface area (Å²) in [6.45, 7) is 4.46. The summed E-state index contributed by atoms with van der Waals surface area (Å²) in [6, 6.07) is 0. The monoisotopic (exact) mass is 211 g/mol. The standard InChI is InChI=1S/C10H17N3S/c1-8(2)4-5-14-10-7-12-6-9(11-3)13-10/h6-8H,4-5H2,1-3H3,(H,11,13). The number of hydrogen-bond donors (Lipinski definition) is 1. The Morgan fingerprint density at radius 1 is 1.43 bits per heavy atom. The van der Waals surface area contributed by atoms with Crippen LogP contribution in [0.25, 0.3) is 0 Å². The minimum Gasteiger partial charge on any atom is -0.372 e. The Morgan fingerprint density at radius 3 is 2.86 bits per heavy atom. The van der Waals surface area contributed by atoms with Gasteiger partial charge in [0.2, 0.25) is 0 Å². The number of aromatic nitrogens is 2. The van der Waals surface area contributed by atoms with E-state index in [2.05, 4.69) is 29.1 Å². The third-order valence-corrected chi connectivity index (χ3v) is 2.75. The smallest absolute Gasteiger partial charge is 0.145 e. The van der Waals surface area contributed by atoms with Crippen LogP contribution in [0.5, 0.6) is 0 Å². The van der Waals surface area contributed by atoms with Gasteiger partial charge in [0, 0.05) is 7.05 Å². The predicted octanol–water partition coefficient (Wildman–Crippen LogP) is 2.66. The van der Waals surface area contributed by atoms with Crippen molar-refractivity contribution in [2.45, 2.75) is 25.3 Å². The fourth-order valence-electron chi connectivity index (χ4n) is 0.937. The molecule has 0 fully saturated rings. The fourth-order valence-corrected chi connectivity index (χ4v) is 2.03. The first-order valence-electron chi connectivity index (χ1n) is 4.85. The lowest BCUT2D eigenvalue weighted by Gasteiger charge is -2.04. The van der Waals surface area contributed by atoms with Gasteiger partial charge < -0.3 is 5.32 Å². The summed E-state index contributed by atoms with van der Waals surface area (Å²) in [7, 11) is 1.85. The molecular weight excluding hydrogens is 194 g/mol. The first-order valence-corrected chi connectivity index (χ1v) is 5.83. The largest absolute Gasteiger partial charge is 0.372 e. The van der Waals surface area contributed by atoms with Gasteiger partial charge in [0.25, 0.3) is 0 Å². The zero-order valence-corrected chi connectivity index (χ0v) is 9.77. The number of anilines is 1. The maximum absolute atomic E-state index is 4.38. The molecule has 1 rings (SSSR count). The van der Waals surface area contributed by atoms with Crippen LogP contribution < -0.4 is 5.32 Å². The molecule has 14 heavy (non-hydrogen) atoms. The van der Waals surface area contributed by atoms with E-state index < -0.39 is 0 Å². The summed E-state index contributed by atoms with van der Waals surface area (Å²) in [5.41, 5.74) is 0. The Bertz CT molecular complexity index is 276. The van der Waals surface area contributed by atoms with E-state index in [0.717, 1.165) is 22.5 Å². The van der Waals surface area contributed by atoms with Gasteiger partial charge >= 0.3 is 0 Å². The van der Waals surface area contributed by atoms with E-state index in [1.165, 1.54) is 6.42 Å². The van der Waals surface area contributed by atoms with Crippen LogP contribution in [0.3, 0.4) is 0 Å². The van der Waals surface area contributed by atoms with Crippen LogP contribution in [-0.4, -0.2) is 22.8 Å². The number of nitrogens with one attached hydrogen (secondary N) is 1. The summed E-state index contributed by atoms with van der Waals surface area (Å²) in [5, 5.41) is 3.98. The normalized spacial score (nSPS) is 10.6. The van der Waals surface area contributed by atoms with Crippen molar-refractivity contribution in [1.29, 1.82) is 0 Å². The van der Waals surface area contributed by atoms with Gasteiger partial charge in [0.05, 0.1) is 12.4 Å². The van der Waals surface area contributed by atoms with Gasteiger partial charge in [0.15, 0.2) is 0 Å². The second-order valence-corrected chi connectivity index (χ2v) is 4.64. The second kappa shape index (κ2) is 5.86. The molecule has 0 bridgehead atoms. The number of nitrogens with zero attached hydrogens (tertiary/aromatic N) is 2. The lowest BCUT2D eigenvalue weighted by atomic mass is 10.2. The topological polar surface area (TPSA) is 37.8 Å². The van der Waals surface area contributed by atoms with Gasteiger partial charge in [-0.1, -0.05) is 13.8 Å². The molecule has 3 nitrogen and oxygen atoms in total. The van der Waals surface area contributed by atoms with Crippen molar-refractivity contribution in [2.24, 2.45) is 5.92 Å². The average molecular weight is 211 g/mol. The van der Waals surface area contributed by atoms with Crippen LogP contribution in [0, 0.1) is 5.92 Å². The van der Waals surface area contributed by atoms with Crippen LogP contribution in [0.1, 0.15) is 20.3 Å². The minimum atomic E-state index is 0.753. The zero-order valence-electron chi connectivity index (χ0n) is 8.95. The molecular formula is C10H17N3S. The SMILES string of the molecule is CNc1cncc(SCCC(C)C)n1. The highest BCUT2D eigenvalue weighted by molar-refractivity contribution is 7.99. The zero-order chi connectivity index (χ0) is 10.4. The molecule has 0 aliphatic heterocycles. The van der Waals surface area contributed by atoms with Crippen LogP contribution in [0.4, 0.5) is 5.82 Å². The minimum absolute atomic E-state index is 0.753. The van der Waals surface area contributed by atoms with E-state index in [9.17, 15) is 0 Å². The molecule has 4 heteroatoms. The van der Waals surface area contributed by atoms with Crippen molar-refractivity contribution in [3.8, 4) is 0 Å². The molecule has 78 valence electrons. The number of rotatable bonds is 5. The summed E-state index contributed by atoms with van der Waals surface area (Å²) in [6.07, 6.45) is 4.76. The van der Waals surface area contributed by atoms with Gasteiger partial charge in [-0.15, -0.1) is 11.8 Å². The Balaban J connectivity index is 2.42. The van der Waals surface area contributed by atoms with E-state index in [0.29, 0.717) is 0 Å². The molecule has 0 aliphatic carbocycles. The summed E-state index contributed by atoms with van der Waals surface area (Å²) in [4.78, 5) is 8.48. The van der Waals surface area contributed by atoms with Crippen LogP contribution in [0.2, 0.25) is 0 Å². The summed E-state index contributed by atoms with van der Waals surface area (Å²) < 4.78 is 0. The molecule has 0 aliphatic rings. The quantitative estimate of drug-likeness (QED) is 0.760. The average Bonchev–Trinajstić information content (AvgIpc) is 2.18. The first-order chi connectivity index (χ1) is 6.72. The van der Waals surface area contributed by atoms with Crippen molar-refractivity contribution in [1.82, 2.24) is 9.97 Å². The van der Waals surface area contributed by atoms with Crippen molar-refractivity contribution in [3.05, 3.63) is 12.4 Å². The molecule has 0 unspecified atom stereocenters. The molecule has 0 radical (unpaired) electrons. The highest BCUT2D eigenvalue weighted by Crippen LogP contribution is 2.18. The second-order valence-electron chi connectivity index (χ2n) is 3.52. The maximum atomic E-state index is 4.38. The number of hydrogen-bond acceptors (Lipinski definition) is 4. The molecule has 1 aromatic heterocycles. The fraction of sp³-hybridized carbons (Fsp3) is 0.600. The van der Waals surface area contributed by atoms with Gasteiger partial charge in [-0.3, -0.25) is 4.98 Å². The third-order valence-electron chi connectivity index (χ3n) is 1.81. The third kappa shape index (κ3) is 3.96. The Hall–Kier alpha value is -0.770. The molecule has 0 saturated carbocycles. The highest BCUT2D eigenvalue weighted by atomic mass is 32.2. The molecule has 1 N–H and O–H groups in total. The molecule has 1 heterocycles. The van der Waals surface area contributed by atoms with Gasteiger partial charge in [-0.25, -0.2) is 4.98 Å². The van der Waals surface area contributed by atoms with Crippen molar-refractivity contribution < 1.29 is 0 Å². The molecule has 0 atom stereocenters. The van der Waals surface area contributed by atoms with E-state index in [-0.39, 0.29) is 0 Å². The van der Waals surface area contributed by atoms with Crippen LogP contribution in [-0.2, 0) is 0 Å². The summed E-state index contributed by atoms with van der Waals surface area (Å²) >= 11 is 1.76. The van der Waals surface area contributed by atoms with Gasteiger partial charge in [-0.2, -0.15) is 0 Å². The van der Waals surface area contributed by atoms with Crippen molar-refractivity contribution in [3.63, 3.8) is 0 Å². The Labute approximate surface area is 89.7 Å². The maximum Gasteiger partial charge on any atom is 0.145 e.